The highest BCUT2D eigenvalue weighted by atomic mass is 35.5. The molecule has 1 atom stereocenters. The fourth-order valence-electron chi connectivity index (χ4n) is 3.64. The Morgan fingerprint density at radius 2 is 1.74 bits per heavy atom. The number of hydrogen-bond acceptors (Lipinski definition) is 6. The number of imide groups is 1. The third-order valence-electron chi connectivity index (χ3n) is 5.39. The molecule has 2 N–H and O–H groups in total. The molecule has 15 heteroatoms. The molecule has 0 unspecified atom stereocenters. The number of urea groups is 1. The summed E-state index contributed by atoms with van der Waals surface area (Å²) in [5, 5.41) is 12.2. The lowest BCUT2D eigenvalue weighted by Crippen LogP contribution is -2.47. The smallest absolute Gasteiger partial charge is 0.278 e. The number of hydrogen-bond donors (Lipinski definition) is 2. The third-order valence-corrected chi connectivity index (χ3v) is 7.91. The minimum absolute atomic E-state index is 0.0557. The minimum Gasteiger partial charge on any atom is -0.278 e. The highest BCUT2D eigenvalue weighted by Crippen LogP contribution is 2.33. The van der Waals surface area contributed by atoms with Gasteiger partial charge in [-0.1, -0.05) is 29.8 Å². The molecule has 4 rings (SSSR count). The maximum absolute atomic E-state index is 13.1. The molecule has 0 spiro atoms. The standard InChI is InChI=1S/C24H19ClF3N5O4S2/c1-14(34)29-23(35)30-22(32-39(36,37)18-10-6-16(7-11-18)24(26,27)28)33-13-19(20-3-2-12-38-20)21(31-33)15-4-8-17(25)9-5-15/h2-12,19H,13H2,1H3,(H2,29,30,32,34,35)/t19-/m0/s1. The van der Waals surface area contributed by atoms with E-state index in [1.54, 1.807) is 24.3 Å². The van der Waals surface area contributed by atoms with Crippen molar-refractivity contribution < 1.29 is 31.2 Å². The summed E-state index contributed by atoms with van der Waals surface area (Å²) in [6.07, 6.45) is -4.66. The number of nitrogens with zero attached hydrogens (tertiary/aromatic N) is 3. The summed E-state index contributed by atoms with van der Waals surface area (Å²) < 4.78 is 68.6. The van der Waals surface area contributed by atoms with E-state index in [0.29, 0.717) is 28.4 Å². The van der Waals surface area contributed by atoms with Gasteiger partial charge in [-0.15, -0.1) is 15.7 Å². The van der Waals surface area contributed by atoms with Crippen LogP contribution in [0.4, 0.5) is 18.0 Å². The summed E-state index contributed by atoms with van der Waals surface area (Å²) in [4.78, 5) is 24.1. The lowest BCUT2D eigenvalue weighted by Gasteiger charge is -2.18. The number of nitrogens with one attached hydrogen (secondary N) is 2. The Balaban J connectivity index is 1.76. The van der Waals surface area contributed by atoms with Crippen LogP contribution in [0.1, 0.15) is 28.8 Å². The first-order chi connectivity index (χ1) is 18.3. The molecule has 3 amide bonds. The van der Waals surface area contributed by atoms with Crippen LogP contribution in [0.15, 0.2) is 80.4 Å². The van der Waals surface area contributed by atoms with E-state index in [0.717, 1.165) is 28.9 Å². The normalized spacial score (nSPS) is 16.1. The average Bonchev–Trinajstić information content (AvgIpc) is 3.53. The molecule has 0 saturated heterocycles. The van der Waals surface area contributed by atoms with Crippen LogP contribution in [-0.2, 0) is 21.0 Å². The Kier molecular flexibility index (Phi) is 8.09. The van der Waals surface area contributed by atoms with E-state index < -0.39 is 44.6 Å². The van der Waals surface area contributed by atoms with Crippen LogP contribution in [-0.4, -0.2) is 43.6 Å². The topological polar surface area (TPSA) is 120 Å². The Morgan fingerprint density at radius 3 is 2.31 bits per heavy atom. The third kappa shape index (κ3) is 6.82. The van der Waals surface area contributed by atoms with Crippen molar-refractivity contribution in [1.29, 1.82) is 0 Å². The highest BCUT2D eigenvalue weighted by molar-refractivity contribution is 7.90. The predicted octanol–water partition coefficient (Wildman–Crippen LogP) is 4.81. The molecule has 0 bridgehead atoms. The first-order valence-electron chi connectivity index (χ1n) is 11.1. The molecular formula is C24H19ClF3N5O4S2. The number of guanidine groups is 1. The lowest BCUT2D eigenvalue weighted by atomic mass is 9.96. The van der Waals surface area contributed by atoms with Gasteiger partial charge < -0.3 is 0 Å². The van der Waals surface area contributed by atoms with Crippen molar-refractivity contribution in [3.05, 3.63) is 87.1 Å². The number of hydrazone groups is 1. The summed E-state index contributed by atoms with van der Waals surface area (Å²) in [5.74, 6) is -1.64. The van der Waals surface area contributed by atoms with Gasteiger partial charge >= 0.3 is 12.2 Å². The van der Waals surface area contributed by atoms with Gasteiger partial charge in [-0.05, 0) is 53.4 Å². The van der Waals surface area contributed by atoms with E-state index in [9.17, 15) is 31.2 Å². The zero-order chi connectivity index (χ0) is 28.4. The highest BCUT2D eigenvalue weighted by Gasteiger charge is 2.34. The second kappa shape index (κ2) is 11.2. The van der Waals surface area contributed by atoms with Gasteiger partial charge in [0.05, 0.1) is 28.6 Å². The van der Waals surface area contributed by atoms with Crippen molar-refractivity contribution in [3.63, 3.8) is 0 Å². The van der Waals surface area contributed by atoms with E-state index in [4.69, 9.17) is 11.6 Å². The molecule has 204 valence electrons. The zero-order valence-corrected chi connectivity index (χ0v) is 22.3. The van der Waals surface area contributed by atoms with Gasteiger partial charge in [-0.25, -0.2) is 9.80 Å². The molecule has 0 radical (unpaired) electrons. The van der Waals surface area contributed by atoms with Gasteiger partial charge in [0.15, 0.2) is 0 Å². The number of rotatable bonds is 4. The number of carbonyl (C=O) groups is 2. The number of amides is 3. The number of benzene rings is 2. The lowest BCUT2D eigenvalue weighted by molar-refractivity contribution is -0.137. The van der Waals surface area contributed by atoms with E-state index >= 15 is 0 Å². The second-order valence-corrected chi connectivity index (χ2v) is 11.2. The number of carbonyl (C=O) groups excluding carboxylic acids is 2. The summed E-state index contributed by atoms with van der Waals surface area (Å²) in [5.41, 5.74) is 0.168. The molecule has 1 aliphatic rings. The van der Waals surface area contributed by atoms with Gasteiger partial charge in [0.2, 0.25) is 11.9 Å². The van der Waals surface area contributed by atoms with E-state index in [1.165, 1.54) is 11.3 Å². The average molecular weight is 598 g/mol. The van der Waals surface area contributed by atoms with Gasteiger partial charge in [0, 0.05) is 16.8 Å². The molecule has 9 nitrogen and oxygen atoms in total. The minimum atomic E-state index is -4.66. The molecule has 2 heterocycles. The van der Waals surface area contributed by atoms with Crippen LogP contribution < -0.4 is 10.6 Å². The van der Waals surface area contributed by atoms with Gasteiger partial charge in [-0.2, -0.15) is 26.7 Å². The SMILES string of the molecule is CC(=O)NC(=O)NC(=NS(=O)(=O)c1ccc(C(F)(F)F)cc1)N1C[C@@H](c2cccs2)C(c2ccc(Cl)cc2)=N1. The second-order valence-electron chi connectivity index (χ2n) is 8.19. The Morgan fingerprint density at radius 1 is 1.08 bits per heavy atom. The van der Waals surface area contributed by atoms with Gasteiger partial charge in [0.1, 0.15) is 0 Å². The van der Waals surface area contributed by atoms with Crippen LogP contribution in [0.3, 0.4) is 0 Å². The summed E-state index contributed by atoms with van der Waals surface area (Å²) in [6.45, 7) is 1.13. The van der Waals surface area contributed by atoms with Crippen molar-refractivity contribution in [2.24, 2.45) is 9.50 Å². The number of alkyl halides is 3. The first kappa shape index (κ1) is 28.3. The molecular weight excluding hydrogens is 579 g/mol. The van der Waals surface area contributed by atoms with Gasteiger partial charge in [0.25, 0.3) is 10.0 Å². The summed E-state index contributed by atoms with van der Waals surface area (Å²) in [6, 6.07) is 12.2. The molecule has 0 aliphatic carbocycles. The van der Waals surface area contributed by atoms with E-state index in [1.807, 2.05) is 22.8 Å². The number of thiophene rings is 1. The van der Waals surface area contributed by atoms with Crippen LogP contribution in [0.5, 0.6) is 0 Å². The van der Waals surface area contributed by atoms with E-state index in [-0.39, 0.29) is 12.5 Å². The maximum Gasteiger partial charge on any atom is 0.416 e. The van der Waals surface area contributed by atoms with Crippen molar-refractivity contribution >= 4 is 56.6 Å². The van der Waals surface area contributed by atoms with Crippen LogP contribution >= 0.6 is 22.9 Å². The van der Waals surface area contributed by atoms with Crippen LogP contribution in [0.2, 0.25) is 5.02 Å². The van der Waals surface area contributed by atoms with Crippen molar-refractivity contribution in [2.75, 3.05) is 6.54 Å². The maximum atomic E-state index is 13.1. The zero-order valence-electron chi connectivity index (χ0n) is 19.9. The largest absolute Gasteiger partial charge is 0.416 e. The van der Waals surface area contributed by atoms with Crippen LogP contribution in [0.25, 0.3) is 0 Å². The first-order valence-corrected chi connectivity index (χ1v) is 13.8. The Hall–Kier alpha value is -3.75. The Bertz CT molecular complexity index is 1540. The summed E-state index contributed by atoms with van der Waals surface area (Å²) in [7, 11) is -4.62. The fraction of sp³-hybridized carbons (Fsp3) is 0.167. The van der Waals surface area contributed by atoms with Crippen LogP contribution in [0, 0.1) is 0 Å². The van der Waals surface area contributed by atoms with E-state index in [2.05, 4.69) is 14.8 Å². The van der Waals surface area contributed by atoms with Crippen molar-refractivity contribution in [2.45, 2.75) is 23.9 Å². The van der Waals surface area contributed by atoms with Gasteiger partial charge in [-0.3, -0.25) is 15.4 Å². The molecule has 3 aromatic rings. The molecule has 39 heavy (non-hydrogen) atoms. The number of sulfonamides is 1. The number of halogens is 4. The molecule has 0 saturated carbocycles. The molecule has 1 aliphatic heterocycles. The van der Waals surface area contributed by atoms with Crippen molar-refractivity contribution in [1.82, 2.24) is 15.6 Å². The monoisotopic (exact) mass is 597 g/mol. The fourth-order valence-corrected chi connectivity index (χ4v) is 5.54. The summed E-state index contributed by atoms with van der Waals surface area (Å²) >= 11 is 7.46. The quantitative estimate of drug-likeness (QED) is 0.330. The molecule has 2 aromatic carbocycles. The van der Waals surface area contributed by atoms with Crippen molar-refractivity contribution in [3.8, 4) is 0 Å². The predicted molar refractivity (Wildman–Crippen MR) is 140 cm³/mol. The molecule has 1 aromatic heterocycles. The Labute approximate surface area is 230 Å². The molecule has 0 fully saturated rings.